The summed E-state index contributed by atoms with van der Waals surface area (Å²) < 4.78 is 4.99. The Kier molecular flexibility index (Phi) is 6.64. The molecule has 0 atom stereocenters. The van der Waals surface area contributed by atoms with Crippen molar-refractivity contribution in [1.82, 2.24) is 19.5 Å². The lowest BCUT2D eigenvalue weighted by Gasteiger charge is -2.11. The van der Waals surface area contributed by atoms with Crippen molar-refractivity contribution in [1.29, 1.82) is 0 Å². The third-order valence-corrected chi connectivity index (χ3v) is 10.6. The molecule has 50 heavy (non-hydrogen) atoms. The van der Waals surface area contributed by atoms with Gasteiger partial charge >= 0.3 is 0 Å². The van der Waals surface area contributed by atoms with E-state index in [-0.39, 0.29) is 0 Å². The van der Waals surface area contributed by atoms with E-state index in [4.69, 9.17) is 15.0 Å². The van der Waals surface area contributed by atoms with Crippen molar-refractivity contribution in [2.24, 2.45) is 0 Å². The Morgan fingerprint density at radius 1 is 0.340 bits per heavy atom. The van der Waals surface area contributed by atoms with E-state index >= 15 is 0 Å². The van der Waals surface area contributed by atoms with Gasteiger partial charge in [-0.15, -0.1) is 11.3 Å². The van der Waals surface area contributed by atoms with Gasteiger partial charge in [-0.3, -0.25) is 0 Å². The molecule has 10 rings (SSSR count). The predicted molar refractivity (Wildman–Crippen MR) is 209 cm³/mol. The predicted octanol–water partition coefficient (Wildman–Crippen LogP) is 12.0. The summed E-state index contributed by atoms with van der Waals surface area (Å²) in [5, 5.41) is 5.01. The minimum absolute atomic E-state index is 0.641. The van der Waals surface area contributed by atoms with Crippen molar-refractivity contribution in [2.75, 3.05) is 0 Å². The van der Waals surface area contributed by atoms with Gasteiger partial charge in [-0.25, -0.2) is 15.0 Å². The average Bonchev–Trinajstić information content (AvgIpc) is 3.73. The van der Waals surface area contributed by atoms with Crippen LogP contribution < -0.4 is 0 Å². The molecule has 0 bridgehead atoms. The molecule has 7 aromatic carbocycles. The monoisotopic (exact) mass is 656 g/mol. The van der Waals surface area contributed by atoms with Gasteiger partial charge in [0.2, 0.25) is 0 Å². The Morgan fingerprint density at radius 2 is 0.800 bits per heavy atom. The molecule has 3 aromatic heterocycles. The number of benzene rings is 7. The van der Waals surface area contributed by atoms with Gasteiger partial charge in [0.25, 0.3) is 0 Å². The minimum atomic E-state index is 0.641. The maximum Gasteiger partial charge on any atom is 0.164 e. The molecule has 0 aliphatic heterocycles. The number of thiophene rings is 1. The lowest BCUT2D eigenvalue weighted by Crippen LogP contribution is -2.00. The molecule has 4 nitrogen and oxygen atoms in total. The van der Waals surface area contributed by atoms with Crippen LogP contribution in [0.25, 0.3) is 93.0 Å². The van der Waals surface area contributed by atoms with E-state index in [2.05, 4.69) is 114 Å². The molecule has 5 heteroatoms. The van der Waals surface area contributed by atoms with Crippen LogP contribution in [0, 0.1) is 0 Å². The van der Waals surface area contributed by atoms with Gasteiger partial charge in [0.1, 0.15) is 0 Å². The molecule has 0 unspecified atom stereocenters. The molecule has 234 valence electrons. The Morgan fingerprint density at radius 3 is 1.44 bits per heavy atom. The van der Waals surface area contributed by atoms with E-state index in [1.807, 2.05) is 72.0 Å². The van der Waals surface area contributed by atoms with E-state index in [9.17, 15) is 0 Å². The highest BCUT2D eigenvalue weighted by Gasteiger charge is 2.18. The second-order valence-electron chi connectivity index (χ2n) is 12.5. The smallest absolute Gasteiger partial charge is 0.164 e. The fourth-order valence-electron chi connectivity index (χ4n) is 7.04. The summed E-state index contributed by atoms with van der Waals surface area (Å²) in [6.07, 6.45) is 0. The van der Waals surface area contributed by atoms with E-state index in [0.717, 1.165) is 33.4 Å². The molecule has 0 N–H and O–H groups in total. The van der Waals surface area contributed by atoms with Crippen molar-refractivity contribution in [3.63, 3.8) is 0 Å². The summed E-state index contributed by atoms with van der Waals surface area (Å²) in [6, 6.07) is 59.8. The zero-order valence-corrected chi connectivity index (χ0v) is 27.7. The zero-order chi connectivity index (χ0) is 33.0. The highest BCUT2D eigenvalue weighted by molar-refractivity contribution is 7.25. The molecule has 0 fully saturated rings. The topological polar surface area (TPSA) is 43.6 Å². The van der Waals surface area contributed by atoms with Crippen LogP contribution in [0.3, 0.4) is 0 Å². The van der Waals surface area contributed by atoms with Gasteiger partial charge < -0.3 is 4.57 Å². The molecular formula is C45H28N4S. The highest BCUT2D eigenvalue weighted by atomic mass is 32.1. The lowest BCUT2D eigenvalue weighted by molar-refractivity contribution is 1.07. The van der Waals surface area contributed by atoms with Gasteiger partial charge in [-0.2, -0.15) is 0 Å². The third kappa shape index (κ3) is 4.79. The molecule has 0 aliphatic carbocycles. The Balaban J connectivity index is 1.17. The Bertz CT molecular complexity index is 2800. The molecular weight excluding hydrogens is 629 g/mol. The summed E-state index contributed by atoms with van der Waals surface area (Å²) >= 11 is 1.85. The zero-order valence-electron chi connectivity index (χ0n) is 26.9. The van der Waals surface area contributed by atoms with Crippen LogP contribution in [0.15, 0.2) is 170 Å². The molecule has 0 saturated heterocycles. The summed E-state index contributed by atoms with van der Waals surface area (Å²) in [5.74, 6) is 1.94. The van der Waals surface area contributed by atoms with Crippen LogP contribution in [0.4, 0.5) is 0 Å². The van der Waals surface area contributed by atoms with Crippen LogP contribution in [0.1, 0.15) is 0 Å². The van der Waals surface area contributed by atoms with E-state index in [1.165, 1.54) is 42.1 Å². The standard InChI is InChI=1S/C45H28N4S/c1-4-12-29(13-5-1)43-46-44(30-14-6-2-7-15-30)48-45(47-43)33-22-24-36-35-23-20-31(26-39(35)49(40(36)27-33)34-16-8-3-9-17-34)32-21-25-38-37-18-10-11-19-41(37)50-42(38)28-32/h1-28H. The molecule has 0 amide bonds. The number of aromatic nitrogens is 4. The van der Waals surface area contributed by atoms with Crippen molar-refractivity contribution in [2.45, 2.75) is 0 Å². The van der Waals surface area contributed by atoms with Crippen molar-refractivity contribution in [3.8, 4) is 51.0 Å². The summed E-state index contributed by atoms with van der Waals surface area (Å²) in [5.41, 5.74) is 8.60. The van der Waals surface area contributed by atoms with Crippen molar-refractivity contribution < 1.29 is 0 Å². The van der Waals surface area contributed by atoms with Gasteiger partial charge in [-0.1, -0.05) is 133 Å². The molecule has 0 spiro atoms. The second kappa shape index (κ2) is 11.6. The third-order valence-electron chi connectivity index (χ3n) is 9.45. The van der Waals surface area contributed by atoms with Crippen LogP contribution in [-0.4, -0.2) is 19.5 Å². The fourth-order valence-corrected chi connectivity index (χ4v) is 8.18. The maximum absolute atomic E-state index is 5.03. The SMILES string of the molecule is c1ccc(-c2nc(-c3ccccc3)nc(-c3ccc4c5ccc(-c6ccc7c(c6)sc6ccccc67)cc5n(-c5ccccc5)c4c3)n2)cc1. The fraction of sp³-hybridized carbons (Fsp3) is 0. The van der Waals surface area contributed by atoms with Crippen LogP contribution in [0.2, 0.25) is 0 Å². The Hall–Kier alpha value is -6.43. The van der Waals surface area contributed by atoms with Gasteiger partial charge in [-0.05, 0) is 47.5 Å². The van der Waals surface area contributed by atoms with Gasteiger partial charge in [0, 0.05) is 53.3 Å². The number of hydrogen-bond donors (Lipinski definition) is 0. The molecule has 0 saturated carbocycles. The second-order valence-corrected chi connectivity index (χ2v) is 13.6. The highest BCUT2D eigenvalue weighted by Crippen LogP contribution is 2.39. The Labute approximate surface area is 292 Å². The van der Waals surface area contributed by atoms with E-state index < -0.39 is 0 Å². The van der Waals surface area contributed by atoms with Crippen molar-refractivity contribution in [3.05, 3.63) is 170 Å². The van der Waals surface area contributed by atoms with Crippen LogP contribution in [0.5, 0.6) is 0 Å². The summed E-state index contributed by atoms with van der Waals surface area (Å²) in [6.45, 7) is 0. The normalized spacial score (nSPS) is 11.6. The number of fused-ring (bicyclic) bond motifs is 6. The summed E-state index contributed by atoms with van der Waals surface area (Å²) in [4.78, 5) is 15.0. The van der Waals surface area contributed by atoms with Crippen LogP contribution in [-0.2, 0) is 0 Å². The van der Waals surface area contributed by atoms with E-state index in [0.29, 0.717) is 17.5 Å². The van der Waals surface area contributed by atoms with Gasteiger partial charge in [0.05, 0.1) is 11.0 Å². The maximum atomic E-state index is 5.03. The largest absolute Gasteiger partial charge is 0.309 e. The van der Waals surface area contributed by atoms with E-state index in [1.54, 1.807) is 0 Å². The first-order valence-electron chi connectivity index (χ1n) is 16.7. The molecule has 0 radical (unpaired) electrons. The van der Waals surface area contributed by atoms with Gasteiger partial charge in [0.15, 0.2) is 17.5 Å². The number of hydrogen-bond acceptors (Lipinski definition) is 4. The molecule has 3 heterocycles. The lowest BCUT2D eigenvalue weighted by atomic mass is 10.0. The van der Waals surface area contributed by atoms with Crippen LogP contribution >= 0.6 is 11.3 Å². The first kappa shape index (κ1) is 28.6. The number of nitrogens with zero attached hydrogens (tertiary/aromatic N) is 4. The average molecular weight is 657 g/mol. The molecule has 0 aliphatic rings. The minimum Gasteiger partial charge on any atom is -0.309 e. The number of para-hydroxylation sites is 1. The quantitative estimate of drug-likeness (QED) is 0.185. The van der Waals surface area contributed by atoms with Crippen molar-refractivity contribution >= 4 is 53.3 Å². The summed E-state index contributed by atoms with van der Waals surface area (Å²) in [7, 11) is 0. The first-order valence-corrected chi connectivity index (χ1v) is 17.5. The molecule has 10 aromatic rings. The number of rotatable bonds is 5. The first-order chi connectivity index (χ1) is 24.8.